The van der Waals surface area contributed by atoms with Gasteiger partial charge < -0.3 is 11.1 Å². The summed E-state index contributed by atoms with van der Waals surface area (Å²) in [6.45, 7) is 0. The van der Waals surface area contributed by atoms with Gasteiger partial charge in [-0.2, -0.15) is 0 Å². The van der Waals surface area contributed by atoms with Crippen molar-refractivity contribution in [1.29, 1.82) is 0 Å². The van der Waals surface area contributed by atoms with Gasteiger partial charge in [-0.3, -0.25) is 4.98 Å². The molecule has 0 bridgehead atoms. The minimum absolute atomic E-state index is 0.664. The number of benzene rings is 2. The van der Waals surface area contributed by atoms with Crippen LogP contribution in [0, 0.1) is 0 Å². The minimum Gasteiger partial charge on any atom is -0.399 e. The first-order valence-corrected chi connectivity index (χ1v) is 6.79. The highest BCUT2D eigenvalue weighted by Gasteiger charge is 2.03. The van der Waals surface area contributed by atoms with Gasteiger partial charge in [0.2, 0.25) is 0 Å². The normalized spacial score (nSPS) is 10.3. The van der Waals surface area contributed by atoms with Crippen LogP contribution in [0.1, 0.15) is 0 Å². The Kier molecular flexibility index (Phi) is 3.71. The molecule has 1 aromatic heterocycles. The first-order chi connectivity index (χ1) is 10.2. The lowest BCUT2D eigenvalue weighted by atomic mass is 10.1. The maximum atomic E-state index is 5.87. The standard InChI is InChI=1S/C16H13ClN4/c17-12-4-6-14(7-5-12)20-16-10-19-9-15(21-16)11-2-1-3-13(18)8-11/h1-10H,18H2,(H,20,21). The van der Waals surface area contributed by atoms with Crippen LogP contribution in [0.25, 0.3) is 11.3 Å². The van der Waals surface area contributed by atoms with E-state index in [4.69, 9.17) is 17.3 Å². The van der Waals surface area contributed by atoms with Crippen LogP contribution in [0.5, 0.6) is 0 Å². The highest BCUT2D eigenvalue weighted by Crippen LogP contribution is 2.22. The number of nitrogens with zero attached hydrogens (tertiary/aromatic N) is 2. The quantitative estimate of drug-likeness (QED) is 0.714. The van der Waals surface area contributed by atoms with E-state index in [1.54, 1.807) is 12.4 Å². The van der Waals surface area contributed by atoms with E-state index in [0.717, 1.165) is 16.9 Å². The number of anilines is 3. The van der Waals surface area contributed by atoms with Crippen molar-refractivity contribution in [1.82, 2.24) is 9.97 Å². The summed E-state index contributed by atoms with van der Waals surface area (Å²) in [5.41, 5.74) is 9.09. The highest BCUT2D eigenvalue weighted by molar-refractivity contribution is 6.30. The molecular weight excluding hydrogens is 284 g/mol. The summed E-state index contributed by atoms with van der Waals surface area (Å²) < 4.78 is 0. The van der Waals surface area contributed by atoms with Crippen LogP contribution < -0.4 is 11.1 Å². The van der Waals surface area contributed by atoms with Crippen LogP contribution in [0.4, 0.5) is 17.2 Å². The molecule has 0 saturated carbocycles. The molecule has 0 aliphatic carbocycles. The molecule has 0 saturated heterocycles. The maximum absolute atomic E-state index is 5.87. The Morgan fingerprint density at radius 2 is 1.81 bits per heavy atom. The Morgan fingerprint density at radius 3 is 2.57 bits per heavy atom. The molecule has 3 aromatic rings. The summed E-state index contributed by atoms with van der Waals surface area (Å²) in [7, 11) is 0. The van der Waals surface area contributed by atoms with Crippen molar-refractivity contribution in [3.63, 3.8) is 0 Å². The second-order valence-corrected chi connectivity index (χ2v) is 4.98. The zero-order valence-corrected chi connectivity index (χ0v) is 11.9. The third-order valence-electron chi connectivity index (χ3n) is 2.93. The van der Waals surface area contributed by atoms with E-state index in [0.29, 0.717) is 16.5 Å². The summed E-state index contributed by atoms with van der Waals surface area (Å²) in [6.07, 6.45) is 3.38. The van der Waals surface area contributed by atoms with Gasteiger partial charge in [-0.1, -0.05) is 23.7 Å². The van der Waals surface area contributed by atoms with E-state index < -0.39 is 0 Å². The fraction of sp³-hybridized carbons (Fsp3) is 0. The molecule has 21 heavy (non-hydrogen) atoms. The van der Waals surface area contributed by atoms with Crippen molar-refractivity contribution in [2.24, 2.45) is 0 Å². The van der Waals surface area contributed by atoms with Crippen LogP contribution >= 0.6 is 11.6 Å². The van der Waals surface area contributed by atoms with Crippen LogP contribution in [-0.2, 0) is 0 Å². The maximum Gasteiger partial charge on any atom is 0.149 e. The van der Waals surface area contributed by atoms with Gasteiger partial charge >= 0.3 is 0 Å². The summed E-state index contributed by atoms with van der Waals surface area (Å²) in [5.74, 6) is 0.664. The predicted octanol–water partition coefficient (Wildman–Crippen LogP) is 4.12. The fourth-order valence-corrected chi connectivity index (χ4v) is 2.07. The van der Waals surface area contributed by atoms with Gasteiger partial charge in [0.25, 0.3) is 0 Å². The Hall–Kier alpha value is -2.59. The van der Waals surface area contributed by atoms with Gasteiger partial charge in [0.15, 0.2) is 0 Å². The summed E-state index contributed by atoms with van der Waals surface area (Å²) in [6, 6.07) is 15.0. The molecule has 3 rings (SSSR count). The first kappa shape index (κ1) is 13.4. The van der Waals surface area contributed by atoms with E-state index in [1.807, 2.05) is 48.5 Å². The van der Waals surface area contributed by atoms with Gasteiger partial charge in [-0.05, 0) is 36.4 Å². The Bertz CT molecular complexity index is 756. The average molecular weight is 297 g/mol. The first-order valence-electron chi connectivity index (χ1n) is 6.41. The van der Waals surface area contributed by atoms with Crippen molar-refractivity contribution in [2.45, 2.75) is 0 Å². The molecule has 0 unspecified atom stereocenters. The number of nitrogens with one attached hydrogen (secondary N) is 1. The van der Waals surface area contributed by atoms with Crippen LogP contribution in [-0.4, -0.2) is 9.97 Å². The molecule has 104 valence electrons. The molecular formula is C16H13ClN4. The van der Waals surface area contributed by atoms with E-state index in [9.17, 15) is 0 Å². The molecule has 0 spiro atoms. The number of hydrogen-bond donors (Lipinski definition) is 2. The lowest BCUT2D eigenvalue weighted by Gasteiger charge is -2.07. The molecule has 3 N–H and O–H groups in total. The topological polar surface area (TPSA) is 63.8 Å². The Labute approximate surface area is 127 Å². The largest absolute Gasteiger partial charge is 0.399 e. The highest BCUT2D eigenvalue weighted by atomic mass is 35.5. The molecule has 0 aliphatic rings. The molecule has 2 aromatic carbocycles. The molecule has 1 heterocycles. The third kappa shape index (κ3) is 3.30. The van der Waals surface area contributed by atoms with E-state index in [1.165, 1.54) is 0 Å². The van der Waals surface area contributed by atoms with E-state index in [2.05, 4.69) is 15.3 Å². The molecule has 4 nitrogen and oxygen atoms in total. The number of halogens is 1. The van der Waals surface area contributed by atoms with Gasteiger partial charge in [0.1, 0.15) is 5.82 Å². The van der Waals surface area contributed by atoms with Gasteiger partial charge in [-0.25, -0.2) is 4.98 Å². The molecule has 0 aliphatic heterocycles. The van der Waals surface area contributed by atoms with Crippen molar-refractivity contribution in [3.8, 4) is 11.3 Å². The Balaban J connectivity index is 1.88. The average Bonchev–Trinajstić information content (AvgIpc) is 2.50. The van der Waals surface area contributed by atoms with Crippen molar-refractivity contribution >= 4 is 28.8 Å². The van der Waals surface area contributed by atoms with Crippen LogP contribution in [0.3, 0.4) is 0 Å². The van der Waals surface area contributed by atoms with E-state index in [-0.39, 0.29) is 0 Å². The Morgan fingerprint density at radius 1 is 1.00 bits per heavy atom. The summed E-state index contributed by atoms with van der Waals surface area (Å²) >= 11 is 5.87. The second kappa shape index (κ2) is 5.81. The lowest BCUT2D eigenvalue weighted by molar-refractivity contribution is 1.20. The number of rotatable bonds is 3. The van der Waals surface area contributed by atoms with Crippen molar-refractivity contribution in [3.05, 3.63) is 65.9 Å². The van der Waals surface area contributed by atoms with Crippen LogP contribution in [0.2, 0.25) is 5.02 Å². The zero-order chi connectivity index (χ0) is 14.7. The fourth-order valence-electron chi connectivity index (χ4n) is 1.94. The number of nitrogens with two attached hydrogens (primary N) is 1. The summed E-state index contributed by atoms with van der Waals surface area (Å²) in [5, 5.41) is 3.89. The molecule has 0 radical (unpaired) electrons. The van der Waals surface area contributed by atoms with Gasteiger partial charge in [-0.15, -0.1) is 0 Å². The van der Waals surface area contributed by atoms with Gasteiger partial charge in [0.05, 0.1) is 18.1 Å². The minimum atomic E-state index is 0.664. The lowest BCUT2D eigenvalue weighted by Crippen LogP contribution is -1.96. The van der Waals surface area contributed by atoms with Crippen molar-refractivity contribution in [2.75, 3.05) is 11.1 Å². The second-order valence-electron chi connectivity index (χ2n) is 4.55. The van der Waals surface area contributed by atoms with Crippen LogP contribution in [0.15, 0.2) is 60.9 Å². The molecule has 0 amide bonds. The van der Waals surface area contributed by atoms with Gasteiger partial charge in [0, 0.05) is 22.0 Å². The van der Waals surface area contributed by atoms with Crippen molar-refractivity contribution < 1.29 is 0 Å². The molecule has 5 heteroatoms. The number of aromatic nitrogens is 2. The third-order valence-corrected chi connectivity index (χ3v) is 3.19. The summed E-state index contributed by atoms with van der Waals surface area (Å²) in [4.78, 5) is 8.75. The number of nitrogen functional groups attached to an aromatic ring is 1. The monoisotopic (exact) mass is 296 g/mol. The van der Waals surface area contributed by atoms with E-state index >= 15 is 0 Å². The predicted molar refractivity (Wildman–Crippen MR) is 86.6 cm³/mol. The number of hydrogen-bond acceptors (Lipinski definition) is 4. The SMILES string of the molecule is Nc1cccc(-c2cncc(Nc3ccc(Cl)cc3)n2)c1. The molecule has 0 atom stereocenters. The smallest absolute Gasteiger partial charge is 0.149 e. The molecule has 0 fully saturated rings. The zero-order valence-electron chi connectivity index (χ0n) is 11.1.